The van der Waals surface area contributed by atoms with Crippen molar-refractivity contribution in [2.24, 2.45) is 0 Å². The van der Waals surface area contributed by atoms with E-state index in [1.165, 1.54) is 11.1 Å². The molecular formula is C21H29NO2. The van der Waals surface area contributed by atoms with Gasteiger partial charge in [0.15, 0.2) is 11.5 Å². The van der Waals surface area contributed by atoms with Crippen LogP contribution >= 0.6 is 0 Å². The summed E-state index contributed by atoms with van der Waals surface area (Å²) >= 11 is 0. The molecule has 1 N–H and O–H groups in total. The van der Waals surface area contributed by atoms with Gasteiger partial charge in [-0.25, -0.2) is 0 Å². The first-order valence-corrected chi connectivity index (χ1v) is 8.79. The fraction of sp³-hybridized carbons (Fsp3) is 0.429. The van der Waals surface area contributed by atoms with Crippen LogP contribution in [0.4, 0.5) is 0 Å². The maximum Gasteiger partial charge on any atom is 0.161 e. The molecule has 0 aromatic heterocycles. The van der Waals surface area contributed by atoms with Crippen LogP contribution in [0.15, 0.2) is 42.5 Å². The Hall–Kier alpha value is -2.00. The van der Waals surface area contributed by atoms with E-state index < -0.39 is 0 Å². The fourth-order valence-electron chi connectivity index (χ4n) is 2.33. The highest BCUT2D eigenvalue weighted by Gasteiger charge is 2.08. The molecule has 0 amide bonds. The zero-order valence-corrected chi connectivity index (χ0v) is 15.3. The number of aryl methyl sites for hydroxylation is 1. The van der Waals surface area contributed by atoms with Gasteiger partial charge in [-0.3, -0.25) is 0 Å². The molecule has 0 bridgehead atoms. The summed E-state index contributed by atoms with van der Waals surface area (Å²) in [5.74, 6) is 1.61. The van der Waals surface area contributed by atoms with E-state index in [1.807, 2.05) is 13.0 Å². The summed E-state index contributed by atoms with van der Waals surface area (Å²) in [5, 5.41) is 3.50. The van der Waals surface area contributed by atoms with Crippen LogP contribution in [0, 0.1) is 6.92 Å². The molecule has 2 rings (SSSR count). The summed E-state index contributed by atoms with van der Waals surface area (Å²) in [7, 11) is 0. The van der Waals surface area contributed by atoms with Crippen molar-refractivity contribution < 1.29 is 9.47 Å². The van der Waals surface area contributed by atoms with Crippen molar-refractivity contribution >= 4 is 0 Å². The van der Waals surface area contributed by atoms with Gasteiger partial charge in [-0.05, 0) is 50.5 Å². The van der Waals surface area contributed by atoms with Gasteiger partial charge in [-0.15, -0.1) is 0 Å². The molecule has 0 aliphatic carbocycles. The average Bonchev–Trinajstić information content (AvgIpc) is 2.60. The molecule has 3 heteroatoms. The summed E-state index contributed by atoms with van der Waals surface area (Å²) in [4.78, 5) is 0. The number of rotatable bonds is 9. The van der Waals surface area contributed by atoms with Gasteiger partial charge in [0.05, 0.1) is 6.61 Å². The van der Waals surface area contributed by atoms with E-state index in [4.69, 9.17) is 9.47 Å². The van der Waals surface area contributed by atoms with Crippen molar-refractivity contribution in [3.8, 4) is 11.5 Å². The third-order valence-corrected chi connectivity index (χ3v) is 4.09. The Kier molecular flexibility index (Phi) is 7.13. The van der Waals surface area contributed by atoms with Gasteiger partial charge in [0.1, 0.15) is 6.61 Å². The SMILES string of the molecule is CCOc1cc(CN[C@H](C)CC)ccc1OCc1ccc(C)cc1. The molecule has 0 aliphatic heterocycles. The first kappa shape index (κ1) is 18.3. The van der Waals surface area contributed by atoms with Gasteiger partial charge in [0.25, 0.3) is 0 Å². The van der Waals surface area contributed by atoms with Crippen molar-refractivity contribution in [3.63, 3.8) is 0 Å². The number of hydrogen-bond donors (Lipinski definition) is 1. The largest absolute Gasteiger partial charge is 0.490 e. The van der Waals surface area contributed by atoms with Crippen LogP contribution in [0.3, 0.4) is 0 Å². The van der Waals surface area contributed by atoms with E-state index >= 15 is 0 Å². The lowest BCUT2D eigenvalue weighted by molar-refractivity contribution is 0.269. The van der Waals surface area contributed by atoms with Gasteiger partial charge < -0.3 is 14.8 Å². The van der Waals surface area contributed by atoms with Crippen molar-refractivity contribution in [3.05, 3.63) is 59.2 Å². The lowest BCUT2D eigenvalue weighted by Gasteiger charge is -2.15. The van der Waals surface area contributed by atoms with E-state index in [0.29, 0.717) is 19.3 Å². The summed E-state index contributed by atoms with van der Waals surface area (Å²) < 4.78 is 11.7. The molecule has 0 radical (unpaired) electrons. The van der Waals surface area contributed by atoms with Crippen molar-refractivity contribution in [1.82, 2.24) is 5.32 Å². The van der Waals surface area contributed by atoms with E-state index in [0.717, 1.165) is 30.0 Å². The smallest absolute Gasteiger partial charge is 0.161 e. The van der Waals surface area contributed by atoms with Gasteiger partial charge in [-0.1, -0.05) is 42.8 Å². The van der Waals surface area contributed by atoms with Gasteiger partial charge in [-0.2, -0.15) is 0 Å². The lowest BCUT2D eigenvalue weighted by Crippen LogP contribution is -2.24. The summed E-state index contributed by atoms with van der Waals surface area (Å²) in [6.07, 6.45) is 1.12. The molecule has 0 saturated carbocycles. The first-order chi connectivity index (χ1) is 11.6. The molecule has 130 valence electrons. The minimum absolute atomic E-state index is 0.512. The van der Waals surface area contributed by atoms with Crippen LogP contribution in [0.5, 0.6) is 11.5 Å². The minimum atomic E-state index is 0.512. The first-order valence-electron chi connectivity index (χ1n) is 8.79. The number of benzene rings is 2. The Morgan fingerprint density at radius 3 is 2.29 bits per heavy atom. The predicted octanol–water partition coefficient (Wildman–Crippen LogP) is 4.86. The Morgan fingerprint density at radius 2 is 1.62 bits per heavy atom. The molecular weight excluding hydrogens is 298 g/mol. The molecule has 3 nitrogen and oxygen atoms in total. The zero-order chi connectivity index (χ0) is 17.4. The van der Waals surface area contributed by atoms with E-state index in [9.17, 15) is 0 Å². The maximum atomic E-state index is 5.97. The highest BCUT2D eigenvalue weighted by molar-refractivity contribution is 5.43. The average molecular weight is 327 g/mol. The second kappa shape index (κ2) is 9.33. The Balaban J connectivity index is 2.03. The molecule has 24 heavy (non-hydrogen) atoms. The topological polar surface area (TPSA) is 30.5 Å². The summed E-state index contributed by atoms with van der Waals surface area (Å²) in [5.41, 5.74) is 3.62. The van der Waals surface area contributed by atoms with Gasteiger partial charge in [0, 0.05) is 12.6 Å². The molecule has 0 aliphatic rings. The van der Waals surface area contributed by atoms with Crippen molar-refractivity contribution in [2.75, 3.05) is 6.61 Å². The van der Waals surface area contributed by atoms with Crippen LogP contribution in [-0.4, -0.2) is 12.6 Å². The monoisotopic (exact) mass is 327 g/mol. The van der Waals surface area contributed by atoms with E-state index in [1.54, 1.807) is 0 Å². The Labute approximate surface area is 146 Å². The number of nitrogens with one attached hydrogen (secondary N) is 1. The van der Waals surface area contributed by atoms with E-state index in [2.05, 4.69) is 62.5 Å². The zero-order valence-electron chi connectivity index (χ0n) is 15.3. The normalized spacial score (nSPS) is 12.0. The number of ether oxygens (including phenoxy) is 2. The molecule has 0 spiro atoms. The second-order valence-corrected chi connectivity index (χ2v) is 6.18. The number of hydrogen-bond acceptors (Lipinski definition) is 3. The third kappa shape index (κ3) is 5.57. The van der Waals surface area contributed by atoms with Gasteiger partial charge in [0.2, 0.25) is 0 Å². The van der Waals surface area contributed by atoms with Gasteiger partial charge >= 0.3 is 0 Å². The molecule has 0 saturated heterocycles. The lowest BCUT2D eigenvalue weighted by atomic mass is 10.1. The van der Waals surface area contributed by atoms with Crippen molar-refractivity contribution in [2.45, 2.75) is 53.3 Å². The third-order valence-electron chi connectivity index (χ3n) is 4.09. The molecule has 1 atom stereocenters. The highest BCUT2D eigenvalue weighted by atomic mass is 16.5. The Morgan fingerprint density at radius 1 is 0.917 bits per heavy atom. The second-order valence-electron chi connectivity index (χ2n) is 6.18. The minimum Gasteiger partial charge on any atom is -0.490 e. The van der Waals surface area contributed by atoms with Crippen LogP contribution in [0.1, 0.15) is 43.9 Å². The van der Waals surface area contributed by atoms with E-state index in [-0.39, 0.29) is 0 Å². The standard InChI is InChI=1S/C21H29NO2/c1-5-17(4)22-14-19-11-12-20(21(13-19)23-6-2)24-15-18-9-7-16(3)8-10-18/h7-13,17,22H,5-6,14-15H2,1-4H3/t17-/m1/s1. The predicted molar refractivity (Wildman–Crippen MR) is 99.7 cm³/mol. The quantitative estimate of drug-likeness (QED) is 0.713. The van der Waals surface area contributed by atoms with Crippen LogP contribution < -0.4 is 14.8 Å². The van der Waals surface area contributed by atoms with Crippen LogP contribution in [0.2, 0.25) is 0 Å². The fourth-order valence-corrected chi connectivity index (χ4v) is 2.33. The molecule has 0 unspecified atom stereocenters. The summed E-state index contributed by atoms with van der Waals surface area (Å²) in [6, 6.07) is 15.1. The molecule has 0 fully saturated rings. The molecule has 2 aromatic carbocycles. The maximum absolute atomic E-state index is 5.97. The summed E-state index contributed by atoms with van der Waals surface area (Å²) in [6.45, 7) is 10.5. The van der Waals surface area contributed by atoms with Crippen LogP contribution in [-0.2, 0) is 13.2 Å². The molecule has 2 aromatic rings. The molecule has 0 heterocycles. The van der Waals surface area contributed by atoms with Crippen molar-refractivity contribution in [1.29, 1.82) is 0 Å². The highest BCUT2D eigenvalue weighted by Crippen LogP contribution is 2.29. The Bertz CT molecular complexity index is 622. The van der Waals surface area contributed by atoms with Crippen LogP contribution in [0.25, 0.3) is 0 Å².